The van der Waals surface area contributed by atoms with E-state index in [1.165, 1.54) is 6.42 Å². The van der Waals surface area contributed by atoms with E-state index in [1.54, 1.807) is 0 Å². The van der Waals surface area contributed by atoms with Crippen LogP contribution in [0, 0.1) is 0 Å². The monoisotopic (exact) mass is 226 g/mol. The highest BCUT2D eigenvalue weighted by Crippen LogP contribution is 2.41. The van der Waals surface area contributed by atoms with Crippen LogP contribution < -0.4 is 10.6 Å². The van der Waals surface area contributed by atoms with Gasteiger partial charge in [0.1, 0.15) is 5.60 Å². The Balaban J connectivity index is 1.86. The van der Waals surface area contributed by atoms with Crippen molar-refractivity contribution in [2.75, 3.05) is 6.54 Å². The van der Waals surface area contributed by atoms with Gasteiger partial charge in [-0.3, -0.25) is 0 Å². The molecule has 1 unspecified atom stereocenters. The summed E-state index contributed by atoms with van der Waals surface area (Å²) in [5, 5.41) is 6.50. The highest BCUT2D eigenvalue weighted by atomic mass is 16.6. The molecule has 4 heteroatoms. The Labute approximate surface area is 97.1 Å². The summed E-state index contributed by atoms with van der Waals surface area (Å²) >= 11 is 0. The van der Waals surface area contributed by atoms with Crippen LogP contribution in [0.1, 0.15) is 46.5 Å². The van der Waals surface area contributed by atoms with Crippen LogP contribution >= 0.6 is 0 Å². The Morgan fingerprint density at radius 1 is 1.44 bits per heavy atom. The summed E-state index contributed by atoms with van der Waals surface area (Å²) in [6.07, 6.45) is 4.24. The predicted molar refractivity (Wildman–Crippen MR) is 62.4 cm³/mol. The van der Waals surface area contributed by atoms with Crippen molar-refractivity contribution in [1.29, 1.82) is 0 Å². The van der Waals surface area contributed by atoms with Crippen LogP contribution in [0.3, 0.4) is 0 Å². The number of carbonyl (C=O) groups is 1. The molecule has 0 aromatic heterocycles. The fourth-order valence-corrected chi connectivity index (χ4v) is 2.36. The summed E-state index contributed by atoms with van der Waals surface area (Å²) in [7, 11) is 0. The van der Waals surface area contributed by atoms with Gasteiger partial charge in [0.15, 0.2) is 0 Å². The summed E-state index contributed by atoms with van der Waals surface area (Å²) in [6.45, 7) is 6.74. The molecule has 1 aliphatic heterocycles. The first kappa shape index (κ1) is 11.7. The van der Waals surface area contributed by atoms with Crippen molar-refractivity contribution in [3.8, 4) is 0 Å². The number of carbonyl (C=O) groups excluding carboxylic acids is 1. The van der Waals surface area contributed by atoms with Gasteiger partial charge >= 0.3 is 6.09 Å². The lowest BCUT2D eigenvalue weighted by molar-refractivity contribution is 0.0485. The highest BCUT2D eigenvalue weighted by Gasteiger charge is 2.51. The van der Waals surface area contributed by atoms with Crippen molar-refractivity contribution >= 4 is 6.09 Å². The Hall–Kier alpha value is -0.770. The van der Waals surface area contributed by atoms with Gasteiger partial charge in [0.25, 0.3) is 0 Å². The maximum atomic E-state index is 11.7. The zero-order valence-corrected chi connectivity index (χ0v) is 10.4. The minimum absolute atomic E-state index is 0.0150. The minimum Gasteiger partial charge on any atom is -0.444 e. The van der Waals surface area contributed by atoms with Gasteiger partial charge in [-0.25, -0.2) is 4.79 Å². The Bertz CT molecular complexity index is 273. The van der Waals surface area contributed by atoms with E-state index < -0.39 is 5.60 Å². The first-order valence-corrected chi connectivity index (χ1v) is 6.16. The van der Waals surface area contributed by atoms with Gasteiger partial charge in [-0.1, -0.05) is 0 Å². The lowest BCUT2D eigenvalue weighted by Gasteiger charge is -2.27. The van der Waals surface area contributed by atoms with Crippen LogP contribution in [0.15, 0.2) is 0 Å². The molecule has 0 radical (unpaired) electrons. The van der Waals surface area contributed by atoms with E-state index in [4.69, 9.17) is 4.74 Å². The van der Waals surface area contributed by atoms with Gasteiger partial charge in [-0.05, 0) is 53.0 Å². The first-order valence-electron chi connectivity index (χ1n) is 6.16. The maximum absolute atomic E-state index is 11.7. The van der Waals surface area contributed by atoms with Crippen LogP contribution in [-0.2, 0) is 4.74 Å². The van der Waals surface area contributed by atoms with Crippen molar-refractivity contribution in [2.45, 2.75) is 63.6 Å². The molecule has 1 amide bonds. The Morgan fingerprint density at radius 2 is 2.12 bits per heavy atom. The lowest BCUT2D eigenvalue weighted by Crippen LogP contribution is -2.51. The van der Waals surface area contributed by atoms with Crippen molar-refractivity contribution in [3.05, 3.63) is 0 Å². The molecule has 2 fully saturated rings. The largest absolute Gasteiger partial charge is 0.444 e. The molecule has 1 atom stereocenters. The number of ether oxygens (including phenoxy) is 1. The van der Waals surface area contributed by atoms with E-state index in [9.17, 15) is 4.79 Å². The minimum atomic E-state index is -0.413. The number of amides is 1. The SMILES string of the molecule is CC(C)(C)OC(=O)NC1(C2CCCN2)CC1. The zero-order valence-electron chi connectivity index (χ0n) is 10.4. The predicted octanol–water partition coefficient (Wildman–Crippen LogP) is 1.80. The Morgan fingerprint density at radius 3 is 2.56 bits per heavy atom. The third-order valence-electron chi connectivity index (χ3n) is 3.27. The summed E-state index contributed by atoms with van der Waals surface area (Å²) < 4.78 is 5.30. The normalized spacial score (nSPS) is 27.6. The quantitative estimate of drug-likeness (QED) is 0.755. The molecule has 2 rings (SSSR count). The van der Waals surface area contributed by atoms with E-state index in [2.05, 4.69) is 10.6 Å². The molecule has 1 heterocycles. The molecule has 1 saturated heterocycles. The molecule has 0 spiro atoms. The molecule has 0 aromatic rings. The smallest absolute Gasteiger partial charge is 0.408 e. The number of nitrogens with one attached hydrogen (secondary N) is 2. The molecule has 0 aromatic carbocycles. The van der Waals surface area contributed by atoms with E-state index in [-0.39, 0.29) is 11.6 Å². The summed E-state index contributed by atoms with van der Waals surface area (Å²) in [5.74, 6) is 0. The number of hydrogen-bond donors (Lipinski definition) is 2. The number of rotatable bonds is 2. The van der Waals surface area contributed by atoms with E-state index in [0.29, 0.717) is 6.04 Å². The van der Waals surface area contributed by atoms with Crippen LogP contribution in [0.4, 0.5) is 4.79 Å². The second-order valence-electron chi connectivity index (χ2n) is 5.93. The van der Waals surface area contributed by atoms with Crippen LogP contribution in [0.5, 0.6) is 0 Å². The molecule has 0 bridgehead atoms. The number of hydrogen-bond acceptors (Lipinski definition) is 3. The molecular formula is C12H22N2O2. The van der Waals surface area contributed by atoms with Gasteiger partial charge in [-0.2, -0.15) is 0 Å². The standard InChI is InChI=1S/C12H22N2O2/c1-11(2,3)16-10(15)14-12(6-7-12)9-5-4-8-13-9/h9,13H,4-8H2,1-3H3,(H,14,15). The molecule has 2 aliphatic rings. The van der Waals surface area contributed by atoms with Crippen molar-refractivity contribution in [2.24, 2.45) is 0 Å². The van der Waals surface area contributed by atoms with Crippen LogP contribution in [0.2, 0.25) is 0 Å². The fourth-order valence-electron chi connectivity index (χ4n) is 2.36. The van der Waals surface area contributed by atoms with Crippen molar-refractivity contribution in [1.82, 2.24) is 10.6 Å². The summed E-state index contributed by atoms with van der Waals surface area (Å²) in [4.78, 5) is 11.7. The highest BCUT2D eigenvalue weighted by molar-refractivity contribution is 5.69. The van der Waals surface area contributed by atoms with Gasteiger partial charge < -0.3 is 15.4 Å². The molecular weight excluding hydrogens is 204 g/mol. The number of alkyl carbamates (subject to hydrolysis) is 1. The molecule has 1 aliphatic carbocycles. The van der Waals surface area contributed by atoms with Crippen LogP contribution in [0.25, 0.3) is 0 Å². The fraction of sp³-hybridized carbons (Fsp3) is 0.917. The average molecular weight is 226 g/mol. The third-order valence-corrected chi connectivity index (χ3v) is 3.27. The molecule has 4 nitrogen and oxygen atoms in total. The van der Waals surface area contributed by atoms with Gasteiger partial charge in [0.05, 0.1) is 5.54 Å². The van der Waals surface area contributed by atoms with Crippen molar-refractivity contribution in [3.63, 3.8) is 0 Å². The summed E-state index contributed by atoms with van der Waals surface area (Å²) in [5.41, 5.74) is -0.428. The Kier molecular flexibility index (Phi) is 2.86. The summed E-state index contributed by atoms with van der Waals surface area (Å²) in [6, 6.07) is 0.444. The molecule has 2 N–H and O–H groups in total. The molecule has 92 valence electrons. The molecule has 16 heavy (non-hydrogen) atoms. The average Bonchev–Trinajstić information content (AvgIpc) is 2.71. The lowest BCUT2D eigenvalue weighted by atomic mass is 10.0. The molecule has 1 saturated carbocycles. The topological polar surface area (TPSA) is 50.4 Å². The van der Waals surface area contributed by atoms with E-state index >= 15 is 0 Å². The van der Waals surface area contributed by atoms with Gasteiger partial charge in [0.2, 0.25) is 0 Å². The van der Waals surface area contributed by atoms with E-state index in [0.717, 1.165) is 25.8 Å². The van der Waals surface area contributed by atoms with Crippen molar-refractivity contribution < 1.29 is 9.53 Å². The van der Waals surface area contributed by atoms with E-state index in [1.807, 2.05) is 20.8 Å². The van der Waals surface area contributed by atoms with Gasteiger partial charge in [0, 0.05) is 6.04 Å². The van der Waals surface area contributed by atoms with Crippen LogP contribution in [-0.4, -0.2) is 29.8 Å². The maximum Gasteiger partial charge on any atom is 0.408 e. The second-order valence-corrected chi connectivity index (χ2v) is 5.93. The first-order chi connectivity index (χ1) is 7.41. The van der Waals surface area contributed by atoms with Gasteiger partial charge in [-0.15, -0.1) is 0 Å². The zero-order chi connectivity index (χ0) is 11.8. The third kappa shape index (κ3) is 2.67. The second kappa shape index (κ2) is 3.91.